The zero-order valence-corrected chi connectivity index (χ0v) is 19.5. The molecule has 3 heterocycles. The lowest BCUT2D eigenvalue weighted by Gasteiger charge is -2.42. The molecule has 3 aliphatic rings. The molecule has 11 heteroatoms. The fraction of sp³-hybridized carbons (Fsp3) is 0.391. The Balaban J connectivity index is 1.25. The van der Waals surface area contributed by atoms with Crippen LogP contribution in [0.4, 0.5) is 20.6 Å². The van der Waals surface area contributed by atoms with Crippen molar-refractivity contribution in [2.45, 2.75) is 44.2 Å². The fourth-order valence-electron chi connectivity index (χ4n) is 4.51. The van der Waals surface area contributed by atoms with E-state index in [-0.39, 0.29) is 29.2 Å². The van der Waals surface area contributed by atoms with E-state index in [2.05, 4.69) is 10.6 Å². The first-order valence-corrected chi connectivity index (χ1v) is 11.2. The van der Waals surface area contributed by atoms with Crippen molar-refractivity contribution in [3.05, 3.63) is 58.9 Å². The summed E-state index contributed by atoms with van der Waals surface area (Å²) in [5.41, 5.74) is 1.24. The number of hydrazine groups is 1. The molecule has 0 radical (unpaired) electrons. The lowest BCUT2D eigenvalue weighted by molar-refractivity contribution is -0.248. The number of benzene rings is 2. The van der Waals surface area contributed by atoms with Gasteiger partial charge < -0.3 is 24.8 Å². The lowest BCUT2D eigenvalue weighted by atomic mass is 10.1. The number of likely N-dealkylation sites (N-methyl/N-ethyl adjacent to an activating group) is 1. The van der Waals surface area contributed by atoms with Crippen molar-refractivity contribution < 1.29 is 28.2 Å². The van der Waals surface area contributed by atoms with Gasteiger partial charge in [-0.25, -0.2) is 19.2 Å². The molecule has 9 nitrogen and oxygen atoms in total. The second kappa shape index (κ2) is 8.47. The molecule has 2 aromatic carbocycles. The van der Waals surface area contributed by atoms with Gasteiger partial charge in [-0.3, -0.25) is 4.79 Å². The first kappa shape index (κ1) is 23.0. The predicted octanol–water partition coefficient (Wildman–Crippen LogP) is 3.67. The van der Waals surface area contributed by atoms with Gasteiger partial charge in [0.25, 0.3) is 5.91 Å². The Bertz CT molecular complexity index is 1130. The Morgan fingerprint density at radius 2 is 1.71 bits per heavy atom. The van der Waals surface area contributed by atoms with Crippen LogP contribution in [0.1, 0.15) is 24.2 Å². The first-order valence-electron chi connectivity index (χ1n) is 10.8. The van der Waals surface area contributed by atoms with Crippen LogP contribution in [-0.4, -0.2) is 65.9 Å². The van der Waals surface area contributed by atoms with E-state index in [0.29, 0.717) is 23.5 Å². The quantitative estimate of drug-likeness (QED) is 0.682. The lowest BCUT2D eigenvalue weighted by Crippen LogP contribution is -2.58. The molecule has 2 bridgehead atoms. The largest absolute Gasteiger partial charge is 0.346 e. The Labute approximate surface area is 200 Å². The Kier molecular flexibility index (Phi) is 5.73. The second-order valence-electron chi connectivity index (χ2n) is 8.91. The highest BCUT2D eigenvalue weighted by molar-refractivity contribution is 6.31. The Morgan fingerprint density at radius 3 is 2.41 bits per heavy atom. The number of nitrogens with zero attached hydrogens (tertiary/aromatic N) is 2. The SMILES string of the molecule is CN1C[C@H]2O[C@H]([C@@H]3OC(C)(C)O[C@@H]32)N1C(=O)c1ccc(NC(=O)Nc2ccc(F)c(Cl)c2)cc1. The van der Waals surface area contributed by atoms with Crippen molar-refractivity contribution in [1.29, 1.82) is 0 Å². The summed E-state index contributed by atoms with van der Waals surface area (Å²) in [4.78, 5) is 25.6. The number of hydrogen-bond acceptors (Lipinski definition) is 6. The number of fused-ring (bicyclic) bond motifs is 5. The summed E-state index contributed by atoms with van der Waals surface area (Å²) >= 11 is 5.74. The van der Waals surface area contributed by atoms with Gasteiger partial charge in [0.2, 0.25) is 0 Å². The van der Waals surface area contributed by atoms with Gasteiger partial charge in [-0.2, -0.15) is 0 Å². The van der Waals surface area contributed by atoms with Crippen molar-refractivity contribution in [2.24, 2.45) is 0 Å². The number of rotatable bonds is 3. The van der Waals surface area contributed by atoms with Crippen LogP contribution in [-0.2, 0) is 14.2 Å². The molecule has 34 heavy (non-hydrogen) atoms. The van der Waals surface area contributed by atoms with Gasteiger partial charge in [-0.15, -0.1) is 0 Å². The van der Waals surface area contributed by atoms with E-state index >= 15 is 0 Å². The van der Waals surface area contributed by atoms with Crippen molar-refractivity contribution in [2.75, 3.05) is 24.2 Å². The number of carbonyl (C=O) groups excluding carboxylic acids is 2. The average Bonchev–Trinajstić information content (AvgIpc) is 3.23. The van der Waals surface area contributed by atoms with Crippen molar-refractivity contribution in [3.63, 3.8) is 0 Å². The van der Waals surface area contributed by atoms with Crippen LogP contribution in [0.15, 0.2) is 42.5 Å². The zero-order chi connectivity index (χ0) is 24.2. The summed E-state index contributed by atoms with van der Waals surface area (Å²) in [6.45, 7) is 4.20. The normalized spacial score (nSPS) is 27.4. The van der Waals surface area contributed by atoms with Gasteiger partial charge >= 0.3 is 6.03 Å². The Hall–Kier alpha value is -2.76. The molecule has 2 N–H and O–H groups in total. The molecular formula is C23H24ClFN4O5. The molecule has 0 aliphatic carbocycles. The summed E-state index contributed by atoms with van der Waals surface area (Å²) in [5, 5.41) is 8.52. The van der Waals surface area contributed by atoms with Crippen LogP contribution in [0, 0.1) is 5.82 Å². The van der Waals surface area contributed by atoms with E-state index in [1.54, 1.807) is 29.3 Å². The highest BCUT2D eigenvalue weighted by atomic mass is 35.5. The molecule has 3 saturated heterocycles. The maximum Gasteiger partial charge on any atom is 0.323 e. The van der Waals surface area contributed by atoms with Crippen molar-refractivity contribution in [1.82, 2.24) is 10.0 Å². The number of ether oxygens (including phenoxy) is 3. The van der Waals surface area contributed by atoms with E-state index in [4.69, 9.17) is 25.8 Å². The molecule has 3 fully saturated rings. The molecule has 180 valence electrons. The molecule has 3 amide bonds. The van der Waals surface area contributed by atoms with Gasteiger partial charge in [0.05, 0.1) is 5.02 Å². The number of nitrogens with one attached hydrogen (secondary N) is 2. The highest BCUT2D eigenvalue weighted by Crippen LogP contribution is 2.43. The van der Waals surface area contributed by atoms with Crippen molar-refractivity contribution in [3.8, 4) is 0 Å². The third kappa shape index (κ3) is 4.23. The molecule has 2 aromatic rings. The molecule has 0 spiro atoms. The molecule has 4 atom stereocenters. The summed E-state index contributed by atoms with van der Waals surface area (Å²) in [5.74, 6) is -1.55. The Morgan fingerprint density at radius 1 is 1.06 bits per heavy atom. The summed E-state index contributed by atoms with van der Waals surface area (Å²) < 4.78 is 31.3. The number of carbonyl (C=O) groups is 2. The van der Waals surface area contributed by atoms with Gasteiger partial charge in [0.15, 0.2) is 12.0 Å². The fourth-order valence-corrected chi connectivity index (χ4v) is 4.69. The third-order valence-corrected chi connectivity index (χ3v) is 6.24. The summed E-state index contributed by atoms with van der Waals surface area (Å²) in [7, 11) is 1.83. The monoisotopic (exact) mass is 490 g/mol. The van der Waals surface area contributed by atoms with Crippen LogP contribution in [0.2, 0.25) is 5.02 Å². The smallest absolute Gasteiger partial charge is 0.323 e. The molecule has 3 aliphatic heterocycles. The minimum absolute atomic E-state index is 0.0923. The predicted molar refractivity (Wildman–Crippen MR) is 122 cm³/mol. The number of urea groups is 1. The topological polar surface area (TPSA) is 92.4 Å². The molecule has 0 unspecified atom stereocenters. The van der Waals surface area contributed by atoms with Crippen LogP contribution in [0.25, 0.3) is 0 Å². The molecule has 5 rings (SSSR count). The molecule has 0 aromatic heterocycles. The van der Waals surface area contributed by atoms with Gasteiger partial charge in [-0.05, 0) is 56.3 Å². The van der Waals surface area contributed by atoms with E-state index in [1.807, 2.05) is 25.9 Å². The second-order valence-corrected chi connectivity index (χ2v) is 9.31. The zero-order valence-electron chi connectivity index (χ0n) is 18.7. The maximum atomic E-state index is 13.3. The summed E-state index contributed by atoms with van der Waals surface area (Å²) in [6, 6.07) is 9.82. The maximum absolute atomic E-state index is 13.3. The number of hydrogen-bond donors (Lipinski definition) is 2. The van der Waals surface area contributed by atoms with E-state index in [9.17, 15) is 14.0 Å². The van der Waals surface area contributed by atoms with Crippen LogP contribution >= 0.6 is 11.6 Å². The van der Waals surface area contributed by atoms with E-state index < -0.39 is 23.9 Å². The van der Waals surface area contributed by atoms with Crippen molar-refractivity contribution >= 4 is 34.9 Å². The number of halogens is 2. The minimum Gasteiger partial charge on any atom is -0.346 e. The van der Waals surface area contributed by atoms with E-state index in [1.165, 1.54) is 12.1 Å². The molecule has 0 saturated carbocycles. The molecular weight excluding hydrogens is 467 g/mol. The van der Waals surface area contributed by atoms with Crippen LogP contribution < -0.4 is 10.6 Å². The van der Waals surface area contributed by atoms with Crippen LogP contribution in [0.3, 0.4) is 0 Å². The standard InChI is InChI=1S/C23H24ClFN4O5/c1-23(2)33-18-17-11-28(3)29(21(32-17)19(18)34-23)20(30)12-4-6-13(7-5-12)26-22(31)27-14-8-9-16(25)15(24)10-14/h4-10,17-19,21H,11H2,1-3H3,(H2,26,27,31)/t17-,18-,19-,21-/m1/s1. The van der Waals surface area contributed by atoms with Crippen LogP contribution in [0.5, 0.6) is 0 Å². The van der Waals surface area contributed by atoms with Gasteiger partial charge in [0, 0.05) is 30.5 Å². The number of anilines is 2. The summed E-state index contributed by atoms with van der Waals surface area (Å²) in [6.07, 6.45) is -1.37. The first-order chi connectivity index (χ1) is 16.1. The number of amides is 3. The highest BCUT2D eigenvalue weighted by Gasteiger charge is 2.61. The van der Waals surface area contributed by atoms with E-state index in [0.717, 1.165) is 6.07 Å². The minimum atomic E-state index is -0.729. The van der Waals surface area contributed by atoms with Gasteiger partial charge in [-0.1, -0.05) is 11.6 Å². The third-order valence-electron chi connectivity index (χ3n) is 5.95. The van der Waals surface area contributed by atoms with Gasteiger partial charge in [0.1, 0.15) is 24.1 Å². The average molecular weight is 491 g/mol.